The Kier molecular flexibility index (Phi) is 8.67. The van der Waals surface area contributed by atoms with Gasteiger partial charge in [0.2, 0.25) is 5.91 Å². The van der Waals surface area contributed by atoms with Gasteiger partial charge in [-0.15, -0.1) is 0 Å². The molecule has 0 aliphatic heterocycles. The van der Waals surface area contributed by atoms with Gasteiger partial charge in [-0.05, 0) is 31.2 Å². The smallest absolute Gasteiger partial charge is 0.236 e. The summed E-state index contributed by atoms with van der Waals surface area (Å²) in [5.74, 6) is -0.0666. The van der Waals surface area contributed by atoms with E-state index in [2.05, 4.69) is 5.32 Å². The third-order valence-electron chi connectivity index (χ3n) is 3.31. The first-order valence-corrected chi connectivity index (χ1v) is 7.42. The van der Waals surface area contributed by atoms with Gasteiger partial charge in [-0.1, -0.05) is 43.2 Å². The highest BCUT2D eigenvalue weighted by molar-refractivity contribution is 5.81. The first-order valence-electron chi connectivity index (χ1n) is 7.42. The normalized spacial score (nSPS) is 12.1. The zero-order valence-electron chi connectivity index (χ0n) is 12.1. The summed E-state index contributed by atoms with van der Waals surface area (Å²) in [6.07, 6.45) is 5.31. The monoisotopic (exact) mass is 278 g/mol. The lowest BCUT2D eigenvalue weighted by molar-refractivity contribution is -0.122. The summed E-state index contributed by atoms with van der Waals surface area (Å²) >= 11 is 0. The molecule has 112 valence electrons. The molecular formula is C16H26N2O2. The molecule has 0 saturated carbocycles. The molecule has 1 rings (SSSR count). The molecule has 1 aromatic rings. The highest BCUT2D eigenvalue weighted by atomic mass is 16.2. The van der Waals surface area contributed by atoms with Gasteiger partial charge in [-0.25, -0.2) is 0 Å². The average Bonchev–Trinajstić information content (AvgIpc) is 2.49. The van der Waals surface area contributed by atoms with Gasteiger partial charge in [0, 0.05) is 13.2 Å². The van der Waals surface area contributed by atoms with E-state index in [1.165, 1.54) is 5.56 Å². The number of nitrogens with one attached hydrogen (secondary N) is 1. The Bertz CT molecular complexity index is 368. The van der Waals surface area contributed by atoms with E-state index in [1.807, 2.05) is 30.3 Å². The average molecular weight is 278 g/mol. The number of hydrogen-bond donors (Lipinski definition) is 3. The molecule has 0 saturated heterocycles. The van der Waals surface area contributed by atoms with Gasteiger partial charge in [0.15, 0.2) is 0 Å². The van der Waals surface area contributed by atoms with E-state index in [-0.39, 0.29) is 12.5 Å². The maximum atomic E-state index is 11.8. The molecule has 0 radical (unpaired) electrons. The van der Waals surface area contributed by atoms with Crippen molar-refractivity contribution in [3.8, 4) is 0 Å². The summed E-state index contributed by atoms with van der Waals surface area (Å²) in [7, 11) is 0. The molecule has 4 heteroatoms. The van der Waals surface area contributed by atoms with Gasteiger partial charge in [-0.3, -0.25) is 4.79 Å². The zero-order chi connectivity index (χ0) is 14.6. The van der Waals surface area contributed by atoms with Crippen LogP contribution in [0.3, 0.4) is 0 Å². The molecule has 1 unspecified atom stereocenters. The van der Waals surface area contributed by atoms with Gasteiger partial charge < -0.3 is 16.2 Å². The van der Waals surface area contributed by atoms with Crippen molar-refractivity contribution in [1.82, 2.24) is 5.32 Å². The first kappa shape index (κ1) is 16.7. The fraction of sp³-hybridized carbons (Fsp3) is 0.562. The topological polar surface area (TPSA) is 75.4 Å². The molecule has 0 aromatic heterocycles. The molecule has 1 atom stereocenters. The molecular weight excluding hydrogens is 252 g/mol. The Morgan fingerprint density at radius 2 is 1.85 bits per heavy atom. The van der Waals surface area contributed by atoms with Crippen molar-refractivity contribution >= 4 is 5.91 Å². The number of hydrogen-bond acceptors (Lipinski definition) is 3. The molecule has 0 heterocycles. The van der Waals surface area contributed by atoms with Crippen LogP contribution in [0.25, 0.3) is 0 Å². The summed E-state index contributed by atoms with van der Waals surface area (Å²) < 4.78 is 0. The van der Waals surface area contributed by atoms with Crippen LogP contribution in [0, 0.1) is 0 Å². The van der Waals surface area contributed by atoms with Crippen LogP contribution in [0.4, 0.5) is 0 Å². The van der Waals surface area contributed by atoms with E-state index >= 15 is 0 Å². The van der Waals surface area contributed by atoms with E-state index in [1.54, 1.807) is 0 Å². The van der Waals surface area contributed by atoms with Crippen LogP contribution in [-0.4, -0.2) is 30.2 Å². The highest BCUT2D eigenvalue weighted by Gasteiger charge is 2.12. The molecule has 0 bridgehead atoms. The Balaban J connectivity index is 2.10. The van der Waals surface area contributed by atoms with Gasteiger partial charge in [-0.2, -0.15) is 0 Å². The van der Waals surface area contributed by atoms with Crippen LogP contribution >= 0.6 is 0 Å². The summed E-state index contributed by atoms with van der Waals surface area (Å²) in [5.41, 5.74) is 7.09. The van der Waals surface area contributed by atoms with Crippen LogP contribution in [0.15, 0.2) is 30.3 Å². The van der Waals surface area contributed by atoms with Gasteiger partial charge in [0.1, 0.15) is 0 Å². The van der Waals surface area contributed by atoms with Crippen LogP contribution in [0.2, 0.25) is 0 Å². The second kappa shape index (κ2) is 10.4. The second-order valence-corrected chi connectivity index (χ2v) is 5.06. The number of nitrogens with two attached hydrogens (primary N) is 1. The largest absolute Gasteiger partial charge is 0.396 e. The number of aliphatic hydroxyl groups excluding tert-OH is 1. The van der Waals surface area contributed by atoms with Crippen LogP contribution in [-0.2, 0) is 11.2 Å². The third-order valence-corrected chi connectivity index (χ3v) is 3.31. The summed E-state index contributed by atoms with van der Waals surface area (Å²) in [4.78, 5) is 11.8. The molecule has 1 amide bonds. The maximum absolute atomic E-state index is 11.8. The van der Waals surface area contributed by atoms with E-state index in [0.717, 1.165) is 32.1 Å². The minimum atomic E-state index is -0.437. The van der Waals surface area contributed by atoms with Gasteiger partial charge >= 0.3 is 0 Å². The van der Waals surface area contributed by atoms with Gasteiger partial charge in [0.05, 0.1) is 6.04 Å². The Labute approximate surface area is 121 Å². The first-order chi connectivity index (χ1) is 9.74. The number of aliphatic hydroxyl groups is 1. The summed E-state index contributed by atoms with van der Waals surface area (Å²) in [6.45, 7) is 0.917. The van der Waals surface area contributed by atoms with Crippen LogP contribution < -0.4 is 11.1 Å². The van der Waals surface area contributed by atoms with Crippen molar-refractivity contribution < 1.29 is 9.90 Å². The lowest BCUT2D eigenvalue weighted by Crippen LogP contribution is -2.41. The fourth-order valence-electron chi connectivity index (χ4n) is 2.03. The van der Waals surface area contributed by atoms with Crippen molar-refractivity contribution in [1.29, 1.82) is 0 Å². The molecule has 4 N–H and O–H groups in total. The Morgan fingerprint density at radius 3 is 2.55 bits per heavy atom. The SMILES string of the molecule is NC(CCc1ccccc1)C(=O)NCCCCCCO. The standard InChI is InChI=1S/C16H26N2O2/c17-15(11-10-14-8-4-3-5-9-14)16(20)18-12-6-1-2-7-13-19/h3-5,8-9,15,19H,1-2,6-7,10-13,17H2,(H,18,20). The molecule has 0 fully saturated rings. The highest BCUT2D eigenvalue weighted by Crippen LogP contribution is 2.04. The molecule has 4 nitrogen and oxygen atoms in total. The Hall–Kier alpha value is -1.39. The summed E-state index contributed by atoms with van der Waals surface area (Å²) in [5, 5.41) is 11.5. The minimum absolute atomic E-state index is 0.0666. The van der Waals surface area contributed by atoms with E-state index in [0.29, 0.717) is 13.0 Å². The number of carbonyl (C=O) groups is 1. The lowest BCUT2D eigenvalue weighted by atomic mass is 10.1. The van der Waals surface area contributed by atoms with Crippen molar-refractivity contribution in [2.45, 2.75) is 44.6 Å². The number of aryl methyl sites for hydroxylation is 1. The number of amides is 1. The zero-order valence-corrected chi connectivity index (χ0v) is 12.1. The van der Waals surface area contributed by atoms with Crippen molar-refractivity contribution in [2.24, 2.45) is 5.73 Å². The summed E-state index contributed by atoms with van der Waals surface area (Å²) in [6, 6.07) is 9.62. The fourth-order valence-corrected chi connectivity index (χ4v) is 2.03. The molecule has 0 aliphatic carbocycles. The molecule has 1 aromatic carbocycles. The number of rotatable bonds is 10. The maximum Gasteiger partial charge on any atom is 0.236 e. The van der Waals surface area contributed by atoms with E-state index in [4.69, 9.17) is 10.8 Å². The third kappa shape index (κ3) is 7.26. The predicted molar refractivity (Wildman–Crippen MR) is 81.3 cm³/mol. The number of benzene rings is 1. The lowest BCUT2D eigenvalue weighted by Gasteiger charge is -2.12. The van der Waals surface area contributed by atoms with E-state index in [9.17, 15) is 4.79 Å². The van der Waals surface area contributed by atoms with Gasteiger partial charge in [0.25, 0.3) is 0 Å². The van der Waals surface area contributed by atoms with E-state index < -0.39 is 6.04 Å². The minimum Gasteiger partial charge on any atom is -0.396 e. The van der Waals surface area contributed by atoms with Crippen molar-refractivity contribution in [3.63, 3.8) is 0 Å². The molecule has 0 aliphatic rings. The molecule has 20 heavy (non-hydrogen) atoms. The quantitative estimate of drug-likeness (QED) is 0.569. The van der Waals surface area contributed by atoms with Crippen LogP contribution in [0.1, 0.15) is 37.7 Å². The van der Waals surface area contributed by atoms with Crippen molar-refractivity contribution in [3.05, 3.63) is 35.9 Å². The Morgan fingerprint density at radius 1 is 1.15 bits per heavy atom. The number of carbonyl (C=O) groups excluding carboxylic acids is 1. The van der Waals surface area contributed by atoms with Crippen LogP contribution in [0.5, 0.6) is 0 Å². The molecule has 0 spiro atoms. The second-order valence-electron chi connectivity index (χ2n) is 5.06. The number of unbranched alkanes of at least 4 members (excludes halogenated alkanes) is 3. The predicted octanol–water partition coefficient (Wildman–Crippen LogP) is 1.62. The van der Waals surface area contributed by atoms with Crippen molar-refractivity contribution in [2.75, 3.05) is 13.2 Å².